The van der Waals surface area contributed by atoms with Gasteiger partial charge in [0.15, 0.2) is 0 Å². The first-order chi connectivity index (χ1) is 16.5. The quantitative estimate of drug-likeness (QED) is 0.493. The number of nitrogens with zero attached hydrogens (tertiary/aromatic N) is 5. The van der Waals surface area contributed by atoms with Crippen molar-refractivity contribution in [2.75, 3.05) is 5.32 Å². The van der Waals surface area contributed by atoms with Crippen LogP contribution in [0.5, 0.6) is 0 Å². The molecular formula is C24H30ClN7O2. The van der Waals surface area contributed by atoms with Gasteiger partial charge in [-0.25, -0.2) is 4.98 Å². The van der Waals surface area contributed by atoms with Crippen LogP contribution in [-0.4, -0.2) is 42.4 Å². The van der Waals surface area contributed by atoms with E-state index in [9.17, 15) is 9.59 Å². The van der Waals surface area contributed by atoms with Crippen molar-refractivity contribution in [3.05, 3.63) is 47.5 Å². The maximum Gasteiger partial charge on any atom is 0.270 e. The van der Waals surface area contributed by atoms with E-state index < -0.39 is 6.04 Å². The molecule has 9 nitrogen and oxygen atoms in total. The zero-order chi connectivity index (χ0) is 24.1. The predicted molar refractivity (Wildman–Crippen MR) is 130 cm³/mol. The van der Waals surface area contributed by atoms with E-state index in [1.165, 1.54) is 0 Å². The number of amides is 2. The van der Waals surface area contributed by atoms with Crippen LogP contribution in [0.2, 0.25) is 5.02 Å². The molecule has 1 aliphatic carbocycles. The summed E-state index contributed by atoms with van der Waals surface area (Å²) >= 11 is 6.23. The molecule has 2 N–H and O–H groups in total. The Morgan fingerprint density at radius 3 is 2.50 bits per heavy atom. The molecule has 34 heavy (non-hydrogen) atoms. The predicted octanol–water partition coefficient (Wildman–Crippen LogP) is 4.06. The molecule has 180 valence electrons. The molecule has 0 bridgehead atoms. The fraction of sp³-hybridized carbons (Fsp3) is 0.458. The van der Waals surface area contributed by atoms with Crippen LogP contribution in [0.3, 0.4) is 0 Å². The Bertz CT molecular complexity index is 1110. The van der Waals surface area contributed by atoms with Crippen molar-refractivity contribution in [3.8, 4) is 11.3 Å². The van der Waals surface area contributed by atoms with Crippen molar-refractivity contribution < 1.29 is 9.59 Å². The van der Waals surface area contributed by atoms with Crippen molar-refractivity contribution >= 4 is 29.2 Å². The summed E-state index contributed by atoms with van der Waals surface area (Å²) in [6.45, 7) is 2.50. The maximum absolute atomic E-state index is 13.4. The van der Waals surface area contributed by atoms with Gasteiger partial charge >= 0.3 is 0 Å². The van der Waals surface area contributed by atoms with Crippen LogP contribution in [0.4, 0.5) is 5.82 Å². The van der Waals surface area contributed by atoms with Gasteiger partial charge in [-0.3, -0.25) is 19.0 Å². The zero-order valence-electron chi connectivity index (χ0n) is 19.5. The van der Waals surface area contributed by atoms with Crippen LogP contribution >= 0.6 is 11.6 Å². The molecule has 0 saturated heterocycles. The first-order valence-corrected chi connectivity index (χ1v) is 12.1. The van der Waals surface area contributed by atoms with E-state index in [1.807, 2.05) is 13.0 Å². The molecule has 0 radical (unpaired) electrons. The first-order valence-electron chi connectivity index (χ1n) is 11.8. The monoisotopic (exact) mass is 483 g/mol. The Balaban J connectivity index is 1.52. The summed E-state index contributed by atoms with van der Waals surface area (Å²) in [5.74, 6) is -0.0741. The summed E-state index contributed by atoms with van der Waals surface area (Å²) in [6, 6.07) is 4.59. The topological polar surface area (TPSA) is 107 Å². The zero-order valence-corrected chi connectivity index (χ0v) is 20.3. The number of aromatic nitrogens is 5. The van der Waals surface area contributed by atoms with Gasteiger partial charge in [-0.05, 0) is 43.9 Å². The van der Waals surface area contributed by atoms with Crippen LogP contribution in [-0.2, 0) is 18.4 Å². The van der Waals surface area contributed by atoms with Gasteiger partial charge in [0, 0.05) is 31.5 Å². The molecule has 0 aliphatic heterocycles. The van der Waals surface area contributed by atoms with E-state index in [0.29, 0.717) is 23.1 Å². The Morgan fingerprint density at radius 1 is 1.12 bits per heavy atom. The Labute approximate surface area is 203 Å². The van der Waals surface area contributed by atoms with E-state index in [0.717, 1.165) is 49.8 Å². The van der Waals surface area contributed by atoms with Gasteiger partial charge < -0.3 is 10.6 Å². The number of carbonyl (C=O) groups excluding carboxylic acids is 2. The molecule has 0 aromatic carbocycles. The lowest BCUT2D eigenvalue weighted by atomic mass is 9.91. The standard InChI is InChI=1S/C24H30ClN7O2/c1-3-32-19(12-13-27-32)23(33)30-21(16-8-6-4-5-7-9-16)24(34)29-20-11-10-17(14-26-20)22-18(25)15-28-31(22)2/h10-16,21H,3-9H2,1-2H3,(H,30,33)(H,26,29,34)/t21-/m0/s1. The van der Waals surface area contributed by atoms with E-state index in [2.05, 4.69) is 25.8 Å². The molecule has 10 heteroatoms. The number of rotatable bonds is 7. The summed E-state index contributed by atoms with van der Waals surface area (Å²) < 4.78 is 3.30. The fourth-order valence-electron chi connectivity index (χ4n) is 4.58. The van der Waals surface area contributed by atoms with Gasteiger partial charge in [0.2, 0.25) is 5.91 Å². The average Bonchev–Trinajstić information content (AvgIpc) is 3.34. The summed E-state index contributed by atoms with van der Waals surface area (Å²) in [5, 5.41) is 14.7. The number of halogens is 1. The van der Waals surface area contributed by atoms with Crippen molar-refractivity contribution in [1.82, 2.24) is 29.9 Å². The molecule has 3 aromatic rings. The lowest BCUT2D eigenvalue weighted by molar-refractivity contribution is -0.119. The molecule has 3 heterocycles. The molecule has 1 aliphatic rings. The third-order valence-electron chi connectivity index (χ3n) is 6.37. The van der Waals surface area contributed by atoms with Crippen molar-refractivity contribution in [3.63, 3.8) is 0 Å². The summed E-state index contributed by atoms with van der Waals surface area (Å²) in [4.78, 5) is 30.8. The number of hydrogen-bond acceptors (Lipinski definition) is 5. The normalized spacial score (nSPS) is 15.5. The molecule has 0 spiro atoms. The third kappa shape index (κ3) is 5.30. The van der Waals surface area contributed by atoms with Gasteiger partial charge in [-0.2, -0.15) is 10.2 Å². The summed E-state index contributed by atoms with van der Waals surface area (Å²) in [6.07, 6.45) is 11.0. The third-order valence-corrected chi connectivity index (χ3v) is 6.65. The smallest absolute Gasteiger partial charge is 0.270 e. The number of anilines is 1. The van der Waals surface area contributed by atoms with Gasteiger partial charge in [0.1, 0.15) is 17.6 Å². The van der Waals surface area contributed by atoms with Gasteiger partial charge in [0.05, 0.1) is 16.9 Å². The van der Waals surface area contributed by atoms with Gasteiger partial charge in [-0.1, -0.05) is 37.3 Å². The molecule has 3 aromatic heterocycles. The van der Waals surface area contributed by atoms with E-state index in [4.69, 9.17) is 11.6 Å². The molecule has 2 amide bonds. The SMILES string of the molecule is CCn1nccc1C(=O)N[C@H](C(=O)Nc1ccc(-c2c(Cl)cnn2C)cn1)C1CCCCCC1. The molecule has 0 unspecified atom stereocenters. The Kier molecular flexibility index (Phi) is 7.62. The Hall–Kier alpha value is -3.20. The van der Waals surface area contributed by atoms with Crippen LogP contribution < -0.4 is 10.6 Å². The number of aryl methyl sites for hydroxylation is 2. The van der Waals surface area contributed by atoms with E-state index in [-0.39, 0.29) is 17.7 Å². The largest absolute Gasteiger partial charge is 0.339 e. The second kappa shape index (κ2) is 10.8. The van der Waals surface area contributed by atoms with E-state index in [1.54, 1.807) is 47.1 Å². The van der Waals surface area contributed by atoms with Crippen LogP contribution in [0, 0.1) is 5.92 Å². The van der Waals surface area contributed by atoms with E-state index >= 15 is 0 Å². The minimum absolute atomic E-state index is 0.0666. The summed E-state index contributed by atoms with van der Waals surface area (Å²) in [5.41, 5.74) is 2.00. The summed E-state index contributed by atoms with van der Waals surface area (Å²) in [7, 11) is 1.81. The highest BCUT2D eigenvalue weighted by Gasteiger charge is 2.31. The molecule has 1 fully saturated rings. The molecule has 1 atom stereocenters. The second-order valence-corrected chi connectivity index (χ2v) is 9.03. The van der Waals surface area contributed by atoms with Crippen molar-refractivity contribution in [2.24, 2.45) is 13.0 Å². The molecule has 4 rings (SSSR count). The highest BCUT2D eigenvalue weighted by molar-refractivity contribution is 6.33. The first kappa shape index (κ1) is 23.9. The minimum atomic E-state index is -0.654. The molecule has 1 saturated carbocycles. The van der Waals surface area contributed by atoms with Crippen LogP contribution in [0.25, 0.3) is 11.3 Å². The minimum Gasteiger partial charge on any atom is -0.339 e. The van der Waals surface area contributed by atoms with Gasteiger partial charge in [0.25, 0.3) is 5.91 Å². The number of pyridine rings is 1. The number of carbonyl (C=O) groups is 2. The lowest BCUT2D eigenvalue weighted by Crippen LogP contribution is -2.49. The van der Waals surface area contributed by atoms with Crippen LogP contribution in [0.1, 0.15) is 55.9 Å². The van der Waals surface area contributed by atoms with Crippen LogP contribution in [0.15, 0.2) is 36.8 Å². The highest BCUT2D eigenvalue weighted by atomic mass is 35.5. The lowest BCUT2D eigenvalue weighted by Gasteiger charge is -2.26. The highest BCUT2D eigenvalue weighted by Crippen LogP contribution is 2.28. The van der Waals surface area contributed by atoms with Gasteiger partial charge in [-0.15, -0.1) is 0 Å². The number of hydrogen-bond donors (Lipinski definition) is 2. The Morgan fingerprint density at radius 2 is 1.88 bits per heavy atom. The van der Waals surface area contributed by atoms with Crippen molar-refractivity contribution in [2.45, 2.75) is 58.0 Å². The molecular weight excluding hydrogens is 454 g/mol. The fourth-order valence-corrected chi connectivity index (χ4v) is 4.86. The second-order valence-electron chi connectivity index (χ2n) is 8.62. The average molecular weight is 484 g/mol. The maximum atomic E-state index is 13.4. The number of nitrogens with one attached hydrogen (secondary N) is 2. The van der Waals surface area contributed by atoms with Crippen molar-refractivity contribution in [1.29, 1.82) is 0 Å².